The number of carbonyl (C=O) groups excluding carboxylic acids is 1. The minimum Gasteiger partial charge on any atom is -0.497 e. The molecule has 6 nitrogen and oxygen atoms in total. The first kappa shape index (κ1) is 23.6. The van der Waals surface area contributed by atoms with Crippen LogP contribution in [0.25, 0.3) is 10.9 Å². The minimum absolute atomic E-state index is 0.133. The van der Waals surface area contributed by atoms with E-state index >= 15 is 0 Å². The Hall–Kier alpha value is -3.58. The molecule has 0 saturated carbocycles. The Morgan fingerprint density at radius 2 is 1.82 bits per heavy atom. The highest BCUT2D eigenvalue weighted by Crippen LogP contribution is 2.25. The number of hydrogen-bond acceptors (Lipinski definition) is 5. The van der Waals surface area contributed by atoms with Crippen molar-refractivity contribution in [2.24, 2.45) is 0 Å². The molecule has 1 atom stereocenters. The molecule has 0 aliphatic heterocycles. The summed E-state index contributed by atoms with van der Waals surface area (Å²) < 4.78 is 6.87. The molecule has 174 valence electrons. The van der Waals surface area contributed by atoms with E-state index in [-0.39, 0.29) is 11.5 Å². The topological polar surface area (TPSA) is 73.2 Å². The quantitative estimate of drug-likeness (QED) is 0.295. The monoisotopic (exact) mass is 473 g/mol. The number of aryl methyl sites for hydroxylation is 2. The largest absolute Gasteiger partial charge is 0.497 e. The molecule has 0 radical (unpaired) electrons. The fraction of sp³-hybridized carbons (Fsp3) is 0.222. The predicted octanol–water partition coefficient (Wildman–Crippen LogP) is 5.19. The summed E-state index contributed by atoms with van der Waals surface area (Å²) in [7, 11) is 1.62. The second kappa shape index (κ2) is 10.1. The van der Waals surface area contributed by atoms with Crippen LogP contribution in [0.4, 0.5) is 5.69 Å². The zero-order valence-electron chi connectivity index (χ0n) is 19.7. The van der Waals surface area contributed by atoms with Gasteiger partial charge in [0.15, 0.2) is 5.16 Å². The van der Waals surface area contributed by atoms with Crippen LogP contribution in [-0.4, -0.2) is 27.8 Å². The molecule has 0 aliphatic rings. The summed E-state index contributed by atoms with van der Waals surface area (Å²) in [4.78, 5) is 31.1. The van der Waals surface area contributed by atoms with Gasteiger partial charge in [0, 0.05) is 5.69 Å². The van der Waals surface area contributed by atoms with Crippen molar-refractivity contribution in [2.75, 3.05) is 12.4 Å². The average Bonchev–Trinajstić information content (AvgIpc) is 2.83. The van der Waals surface area contributed by atoms with Gasteiger partial charge in [0.1, 0.15) is 5.75 Å². The maximum atomic E-state index is 13.4. The van der Waals surface area contributed by atoms with Gasteiger partial charge in [-0.1, -0.05) is 53.7 Å². The molecule has 34 heavy (non-hydrogen) atoms. The summed E-state index contributed by atoms with van der Waals surface area (Å²) in [6.07, 6.45) is 0. The number of ether oxygens (including phenoxy) is 1. The van der Waals surface area contributed by atoms with Crippen LogP contribution in [0.5, 0.6) is 5.75 Å². The van der Waals surface area contributed by atoms with Crippen LogP contribution < -0.4 is 15.6 Å². The van der Waals surface area contributed by atoms with Crippen LogP contribution in [-0.2, 0) is 11.3 Å². The van der Waals surface area contributed by atoms with E-state index < -0.39 is 5.25 Å². The summed E-state index contributed by atoms with van der Waals surface area (Å²) in [5.41, 5.74) is 4.35. The van der Waals surface area contributed by atoms with E-state index in [0.717, 1.165) is 28.1 Å². The van der Waals surface area contributed by atoms with Crippen molar-refractivity contribution in [3.8, 4) is 5.75 Å². The van der Waals surface area contributed by atoms with Crippen LogP contribution in [0.3, 0.4) is 0 Å². The summed E-state index contributed by atoms with van der Waals surface area (Å²) >= 11 is 1.28. The molecule has 0 spiro atoms. The number of nitrogens with zero attached hydrogens (tertiary/aromatic N) is 2. The van der Waals surface area contributed by atoms with Gasteiger partial charge in [0.25, 0.3) is 5.56 Å². The van der Waals surface area contributed by atoms with Crippen LogP contribution in [0, 0.1) is 13.8 Å². The lowest BCUT2D eigenvalue weighted by Gasteiger charge is -2.17. The standard InChI is InChI=1S/C27H27N3O3S/c1-17-9-14-23(18(2)15-17)28-25(31)19(3)34-27-29-24-8-6-5-7-22(24)26(32)30(27)16-20-10-12-21(33-4)13-11-20/h5-15,19H,16H2,1-4H3,(H,28,31). The van der Waals surface area contributed by atoms with Crippen molar-refractivity contribution in [3.05, 3.63) is 93.8 Å². The molecule has 0 saturated heterocycles. The maximum Gasteiger partial charge on any atom is 0.262 e. The van der Waals surface area contributed by atoms with E-state index in [1.807, 2.05) is 81.4 Å². The Morgan fingerprint density at radius 3 is 2.53 bits per heavy atom. The van der Waals surface area contributed by atoms with Gasteiger partial charge in [-0.05, 0) is 62.2 Å². The second-order valence-corrected chi connectivity index (χ2v) is 9.53. The van der Waals surface area contributed by atoms with E-state index in [1.54, 1.807) is 17.7 Å². The third kappa shape index (κ3) is 5.15. The Bertz CT molecular complexity index is 1400. The zero-order chi connectivity index (χ0) is 24.2. The van der Waals surface area contributed by atoms with Gasteiger partial charge >= 0.3 is 0 Å². The zero-order valence-corrected chi connectivity index (χ0v) is 20.5. The Morgan fingerprint density at radius 1 is 1.09 bits per heavy atom. The first-order valence-electron chi connectivity index (χ1n) is 11.0. The molecule has 4 aromatic rings. The molecule has 3 aromatic carbocycles. The number of rotatable bonds is 7. The molecule has 1 amide bonds. The number of hydrogen-bond donors (Lipinski definition) is 1. The number of thioether (sulfide) groups is 1. The highest BCUT2D eigenvalue weighted by molar-refractivity contribution is 8.00. The van der Waals surface area contributed by atoms with Gasteiger partial charge in [-0.25, -0.2) is 4.98 Å². The summed E-state index contributed by atoms with van der Waals surface area (Å²) in [5, 5.41) is 3.59. The van der Waals surface area contributed by atoms with Gasteiger partial charge < -0.3 is 10.1 Å². The third-order valence-corrected chi connectivity index (χ3v) is 6.71. The molecule has 1 heterocycles. The fourth-order valence-electron chi connectivity index (χ4n) is 3.69. The normalized spacial score (nSPS) is 11.9. The minimum atomic E-state index is -0.462. The van der Waals surface area contributed by atoms with Crippen LogP contribution >= 0.6 is 11.8 Å². The molecule has 1 unspecified atom stereocenters. The molecule has 1 aromatic heterocycles. The number of benzene rings is 3. The summed E-state index contributed by atoms with van der Waals surface area (Å²) in [6.45, 7) is 6.15. The van der Waals surface area contributed by atoms with Crippen LogP contribution in [0.2, 0.25) is 0 Å². The molecular formula is C27H27N3O3S. The van der Waals surface area contributed by atoms with Gasteiger partial charge in [0.05, 0.1) is 29.8 Å². The first-order chi connectivity index (χ1) is 16.4. The highest BCUT2D eigenvalue weighted by Gasteiger charge is 2.20. The lowest BCUT2D eigenvalue weighted by molar-refractivity contribution is -0.115. The Labute approximate surface area is 203 Å². The SMILES string of the molecule is COc1ccc(Cn2c(SC(C)C(=O)Nc3ccc(C)cc3C)nc3ccccc3c2=O)cc1. The number of nitrogens with one attached hydrogen (secondary N) is 1. The van der Waals surface area contributed by atoms with E-state index in [1.165, 1.54) is 11.8 Å². The number of aromatic nitrogens is 2. The number of anilines is 1. The summed E-state index contributed by atoms with van der Waals surface area (Å²) in [5.74, 6) is 0.606. The molecule has 0 bridgehead atoms. The van der Waals surface area contributed by atoms with Crippen molar-refractivity contribution in [1.29, 1.82) is 0 Å². The molecule has 4 rings (SSSR count). The van der Waals surface area contributed by atoms with Crippen molar-refractivity contribution >= 4 is 34.3 Å². The lowest BCUT2D eigenvalue weighted by atomic mass is 10.1. The number of methoxy groups -OCH3 is 1. The Balaban J connectivity index is 1.65. The average molecular weight is 474 g/mol. The maximum absolute atomic E-state index is 13.4. The smallest absolute Gasteiger partial charge is 0.262 e. The number of fused-ring (bicyclic) bond motifs is 1. The molecule has 0 aliphatic carbocycles. The summed E-state index contributed by atoms with van der Waals surface area (Å²) in [6, 6.07) is 20.8. The first-order valence-corrected chi connectivity index (χ1v) is 11.9. The van der Waals surface area contributed by atoms with Gasteiger partial charge in [0.2, 0.25) is 5.91 Å². The molecular weight excluding hydrogens is 446 g/mol. The van der Waals surface area contributed by atoms with Gasteiger partial charge in [-0.3, -0.25) is 14.2 Å². The predicted molar refractivity (Wildman–Crippen MR) is 138 cm³/mol. The third-order valence-electron chi connectivity index (χ3n) is 5.62. The van der Waals surface area contributed by atoms with Crippen molar-refractivity contribution in [1.82, 2.24) is 9.55 Å². The van der Waals surface area contributed by atoms with Gasteiger partial charge in [-0.15, -0.1) is 0 Å². The second-order valence-electron chi connectivity index (χ2n) is 8.22. The Kier molecular flexibility index (Phi) is 7.03. The molecule has 0 fully saturated rings. The number of para-hydroxylation sites is 1. The molecule has 1 N–H and O–H groups in total. The highest BCUT2D eigenvalue weighted by atomic mass is 32.2. The van der Waals surface area contributed by atoms with Crippen molar-refractivity contribution < 1.29 is 9.53 Å². The fourth-order valence-corrected chi connectivity index (χ4v) is 4.60. The number of carbonyl (C=O) groups is 1. The van der Waals surface area contributed by atoms with E-state index in [2.05, 4.69) is 5.32 Å². The van der Waals surface area contributed by atoms with E-state index in [9.17, 15) is 9.59 Å². The van der Waals surface area contributed by atoms with Crippen LogP contribution in [0.1, 0.15) is 23.6 Å². The lowest BCUT2D eigenvalue weighted by Crippen LogP contribution is -2.27. The van der Waals surface area contributed by atoms with E-state index in [4.69, 9.17) is 9.72 Å². The van der Waals surface area contributed by atoms with Gasteiger partial charge in [-0.2, -0.15) is 0 Å². The number of amides is 1. The van der Waals surface area contributed by atoms with Crippen LogP contribution in [0.15, 0.2) is 76.7 Å². The molecule has 7 heteroatoms. The van der Waals surface area contributed by atoms with E-state index in [0.29, 0.717) is 22.6 Å². The van der Waals surface area contributed by atoms with Crippen molar-refractivity contribution in [2.45, 2.75) is 37.7 Å². The van der Waals surface area contributed by atoms with Crippen molar-refractivity contribution in [3.63, 3.8) is 0 Å².